The van der Waals surface area contributed by atoms with Gasteiger partial charge in [0.1, 0.15) is 5.75 Å². The molecule has 0 saturated carbocycles. The van der Waals surface area contributed by atoms with Crippen molar-refractivity contribution >= 4 is 15.9 Å². The molecule has 2 nitrogen and oxygen atoms in total. The summed E-state index contributed by atoms with van der Waals surface area (Å²) in [6.07, 6.45) is 1.26. The Bertz CT molecular complexity index is 407. The average Bonchev–Trinajstić information content (AvgIpc) is 2.28. The quantitative estimate of drug-likeness (QED) is 0.725. The minimum atomic E-state index is 0.663. The van der Waals surface area contributed by atoms with Crippen molar-refractivity contribution in [3.05, 3.63) is 28.2 Å². The number of rotatable bonds is 0. The van der Waals surface area contributed by atoms with Gasteiger partial charge in [0.05, 0.1) is 6.61 Å². The van der Waals surface area contributed by atoms with Gasteiger partial charge < -0.3 is 9.64 Å². The van der Waals surface area contributed by atoms with Crippen molar-refractivity contribution in [1.82, 2.24) is 4.90 Å². The molecule has 2 aliphatic heterocycles. The van der Waals surface area contributed by atoms with E-state index in [1.54, 1.807) is 0 Å². The molecule has 3 heteroatoms. The van der Waals surface area contributed by atoms with E-state index in [1.165, 1.54) is 25.1 Å². The minimum Gasteiger partial charge on any atom is -0.493 e. The highest BCUT2D eigenvalue weighted by atomic mass is 79.9. The molecule has 2 aliphatic rings. The van der Waals surface area contributed by atoms with E-state index in [-0.39, 0.29) is 0 Å². The van der Waals surface area contributed by atoms with Gasteiger partial charge in [0.25, 0.3) is 0 Å². The smallest absolute Gasteiger partial charge is 0.123 e. The number of likely N-dealkylation sites (N-methyl/N-ethyl adjacent to an activating group) is 1. The molecule has 1 saturated heterocycles. The van der Waals surface area contributed by atoms with Crippen LogP contribution in [0, 0.1) is 5.92 Å². The van der Waals surface area contributed by atoms with Crippen molar-refractivity contribution < 1.29 is 4.74 Å². The van der Waals surface area contributed by atoms with E-state index in [1.807, 2.05) is 0 Å². The van der Waals surface area contributed by atoms with Crippen LogP contribution in [0.2, 0.25) is 0 Å². The molecule has 0 spiro atoms. The third kappa shape index (κ3) is 1.76. The molecule has 0 aromatic heterocycles. The number of benzene rings is 1. The monoisotopic (exact) mass is 281 g/mol. The van der Waals surface area contributed by atoms with Crippen molar-refractivity contribution in [3.63, 3.8) is 0 Å². The van der Waals surface area contributed by atoms with E-state index in [9.17, 15) is 0 Å². The number of fused-ring (bicyclic) bond motifs is 3. The molecule has 2 heterocycles. The lowest BCUT2D eigenvalue weighted by molar-refractivity contribution is 0.114. The van der Waals surface area contributed by atoms with Crippen LogP contribution in [0.4, 0.5) is 0 Å². The van der Waals surface area contributed by atoms with Crippen LogP contribution in [0.15, 0.2) is 22.7 Å². The molecule has 0 aliphatic carbocycles. The molecular weight excluding hydrogens is 266 g/mol. The van der Waals surface area contributed by atoms with E-state index in [0.717, 1.165) is 16.8 Å². The first-order valence-electron chi connectivity index (χ1n) is 5.85. The fourth-order valence-corrected chi connectivity index (χ4v) is 3.19. The lowest BCUT2D eigenvalue weighted by Crippen LogP contribution is -2.41. The van der Waals surface area contributed by atoms with Crippen LogP contribution in [0.1, 0.15) is 17.9 Å². The number of nitrogens with zero attached hydrogens (tertiary/aromatic N) is 1. The van der Waals surface area contributed by atoms with Crippen molar-refractivity contribution in [2.45, 2.75) is 12.3 Å². The first-order valence-corrected chi connectivity index (χ1v) is 6.64. The summed E-state index contributed by atoms with van der Waals surface area (Å²) in [4.78, 5) is 2.43. The largest absolute Gasteiger partial charge is 0.493 e. The van der Waals surface area contributed by atoms with Gasteiger partial charge in [-0.3, -0.25) is 0 Å². The maximum Gasteiger partial charge on any atom is 0.123 e. The molecule has 2 atom stereocenters. The second-order valence-corrected chi connectivity index (χ2v) is 5.83. The van der Waals surface area contributed by atoms with Gasteiger partial charge in [-0.2, -0.15) is 0 Å². The van der Waals surface area contributed by atoms with Crippen LogP contribution >= 0.6 is 15.9 Å². The van der Waals surface area contributed by atoms with Gasteiger partial charge in [0.15, 0.2) is 0 Å². The topological polar surface area (TPSA) is 12.5 Å². The van der Waals surface area contributed by atoms with Crippen molar-refractivity contribution in [2.75, 3.05) is 26.7 Å². The summed E-state index contributed by atoms with van der Waals surface area (Å²) in [6, 6.07) is 6.44. The molecule has 0 amide bonds. The fourth-order valence-electron chi connectivity index (χ4n) is 2.85. The van der Waals surface area contributed by atoms with Crippen molar-refractivity contribution in [1.29, 1.82) is 0 Å². The Morgan fingerprint density at radius 3 is 3.19 bits per heavy atom. The van der Waals surface area contributed by atoms with E-state index in [2.05, 4.69) is 46.1 Å². The predicted molar refractivity (Wildman–Crippen MR) is 68.0 cm³/mol. The highest BCUT2D eigenvalue weighted by Gasteiger charge is 2.34. The number of hydrogen-bond donors (Lipinski definition) is 0. The molecule has 1 aromatic rings. The number of halogens is 1. The predicted octanol–water partition coefficient (Wildman–Crippen LogP) is 2.88. The molecule has 16 heavy (non-hydrogen) atoms. The molecule has 0 radical (unpaired) electrons. The molecule has 0 bridgehead atoms. The summed E-state index contributed by atoms with van der Waals surface area (Å²) in [7, 11) is 2.21. The van der Waals surface area contributed by atoms with Gasteiger partial charge in [-0.15, -0.1) is 0 Å². The first-order chi connectivity index (χ1) is 7.74. The zero-order valence-corrected chi connectivity index (χ0v) is 11.0. The van der Waals surface area contributed by atoms with Crippen LogP contribution in [-0.2, 0) is 0 Å². The third-order valence-electron chi connectivity index (χ3n) is 3.79. The zero-order chi connectivity index (χ0) is 11.1. The van der Waals surface area contributed by atoms with Crippen molar-refractivity contribution in [2.24, 2.45) is 5.92 Å². The van der Waals surface area contributed by atoms with Crippen molar-refractivity contribution in [3.8, 4) is 5.75 Å². The Morgan fingerprint density at radius 2 is 2.31 bits per heavy atom. The van der Waals surface area contributed by atoms with E-state index in [4.69, 9.17) is 4.74 Å². The zero-order valence-electron chi connectivity index (χ0n) is 9.45. The number of likely N-dealkylation sites (tertiary alicyclic amines) is 1. The Kier molecular flexibility index (Phi) is 2.68. The maximum atomic E-state index is 5.86. The summed E-state index contributed by atoms with van der Waals surface area (Å²) in [5, 5.41) is 0. The normalized spacial score (nSPS) is 29.1. The molecule has 0 unspecified atom stereocenters. The van der Waals surface area contributed by atoms with Crippen LogP contribution in [0.25, 0.3) is 0 Å². The van der Waals surface area contributed by atoms with Gasteiger partial charge in [-0.05, 0) is 37.7 Å². The second kappa shape index (κ2) is 4.04. The third-order valence-corrected chi connectivity index (χ3v) is 4.28. The SMILES string of the molecule is CN1CC[C@H]2COc3cc(Br)ccc3[C@H]2C1. The Morgan fingerprint density at radius 1 is 1.44 bits per heavy atom. The Labute approximate surface area is 105 Å². The second-order valence-electron chi connectivity index (χ2n) is 4.91. The average molecular weight is 282 g/mol. The van der Waals surface area contributed by atoms with Gasteiger partial charge in [-0.25, -0.2) is 0 Å². The lowest BCUT2D eigenvalue weighted by atomic mass is 9.79. The Hall–Kier alpha value is -0.540. The van der Waals surface area contributed by atoms with E-state index in [0.29, 0.717) is 11.8 Å². The van der Waals surface area contributed by atoms with Crippen LogP contribution < -0.4 is 4.74 Å². The Balaban J connectivity index is 1.97. The number of piperidine rings is 1. The van der Waals surface area contributed by atoms with E-state index >= 15 is 0 Å². The first kappa shape index (κ1) is 10.6. The summed E-state index contributed by atoms with van der Waals surface area (Å²) in [5.41, 5.74) is 1.39. The number of hydrogen-bond acceptors (Lipinski definition) is 2. The van der Waals surface area contributed by atoms with Crippen LogP contribution in [-0.4, -0.2) is 31.6 Å². The summed E-state index contributed by atoms with van der Waals surface area (Å²) in [5.74, 6) is 2.45. The molecular formula is C13H16BrNO. The van der Waals surface area contributed by atoms with Gasteiger partial charge in [0.2, 0.25) is 0 Å². The van der Waals surface area contributed by atoms with Gasteiger partial charge in [-0.1, -0.05) is 22.0 Å². The molecule has 86 valence electrons. The van der Waals surface area contributed by atoms with Crippen LogP contribution in [0.3, 0.4) is 0 Å². The number of ether oxygens (including phenoxy) is 1. The minimum absolute atomic E-state index is 0.663. The summed E-state index contributed by atoms with van der Waals surface area (Å²) >= 11 is 3.50. The highest BCUT2D eigenvalue weighted by Crippen LogP contribution is 2.41. The molecule has 3 rings (SSSR count). The van der Waals surface area contributed by atoms with Gasteiger partial charge >= 0.3 is 0 Å². The lowest BCUT2D eigenvalue weighted by Gasteiger charge is -2.40. The van der Waals surface area contributed by atoms with Crippen LogP contribution in [0.5, 0.6) is 5.75 Å². The summed E-state index contributed by atoms with van der Waals surface area (Å²) in [6.45, 7) is 3.26. The molecule has 1 aromatic carbocycles. The molecule has 0 N–H and O–H groups in total. The van der Waals surface area contributed by atoms with Gasteiger partial charge in [0, 0.05) is 22.9 Å². The highest BCUT2D eigenvalue weighted by molar-refractivity contribution is 9.10. The standard InChI is InChI=1S/C13H16BrNO/c1-15-5-4-9-8-16-13-6-10(14)2-3-11(13)12(9)7-15/h2-3,6,9,12H,4-5,7-8H2,1H3/t9-,12-/m0/s1. The fraction of sp³-hybridized carbons (Fsp3) is 0.538. The van der Waals surface area contributed by atoms with E-state index < -0.39 is 0 Å². The molecule has 1 fully saturated rings. The maximum absolute atomic E-state index is 5.86. The summed E-state index contributed by atoms with van der Waals surface area (Å²) < 4.78 is 6.97.